The fourth-order valence-corrected chi connectivity index (χ4v) is 1.97. The van der Waals surface area contributed by atoms with Crippen molar-refractivity contribution in [1.29, 1.82) is 0 Å². The zero-order valence-corrected chi connectivity index (χ0v) is 10.00. The van der Waals surface area contributed by atoms with Gasteiger partial charge in [-0.25, -0.2) is 0 Å². The van der Waals surface area contributed by atoms with Gasteiger partial charge in [-0.2, -0.15) is 0 Å². The minimum Gasteiger partial charge on any atom is -0.489 e. The first-order valence-corrected chi connectivity index (χ1v) is 5.84. The summed E-state index contributed by atoms with van der Waals surface area (Å²) in [5.41, 5.74) is 0.849. The molecule has 0 bridgehead atoms. The van der Waals surface area contributed by atoms with Gasteiger partial charge in [0.15, 0.2) is 11.5 Å². The molecule has 0 amide bonds. The molecule has 17 heavy (non-hydrogen) atoms. The Kier molecular flexibility index (Phi) is 3.74. The van der Waals surface area contributed by atoms with Gasteiger partial charge in [-0.1, -0.05) is 11.6 Å². The van der Waals surface area contributed by atoms with E-state index >= 15 is 0 Å². The zero-order chi connectivity index (χ0) is 12.3. The van der Waals surface area contributed by atoms with Crippen molar-refractivity contribution < 1.29 is 19.4 Å². The predicted molar refractivity (Wildman–Crippen MR) is 63.0 cm³/mol. The molecule has 4 nitrogen and oxygen atoms in total. The molecule has 0 fully saturated rings. The predicted octanol–water partition coefficient (Wildman–Crippen LogP) is 2.52. The molecule has 0 saturated carbocycles. The number of benzene rings is 1. The highest BCUT2D eigenvalue weighted by molar-refractivity contribution is 6.32. The third kappa shape index (κ3) is 3.03. The first-order chi connectivity index (χ1) is 8.16. The van der Waals surface area contributed by atoms with Crippen LogP contribution < -0.4 is 9.47 Å². The lowest BCUT2D eigenvalue weighted by Crippen LogP contribution is -1.99. The number of halogens is 1. The third-order valence-electron chi connectivity index (χ3n) is 2.49. The summed E-state index contributed by atoms with van der Waals surface area (Å²) < 4.78 is 11.0. The van der Waals surface area contributed by atoms with E-state index in [1.165, 1.54) is 0 Å². The lowest BCUT2D eigenvalue weighted by Gasteiger charge is -2.11. The number of carboxylic acids is 1. The minimum atomic E-state index is -0.826. The van der Waals surface area contributed by atoms with Gasteiger partial charge in [0.2, 0.25) is 0 Å². The van der Waals surface area contributed by atoms with E-state index in [4.69, 9.17) is 26.2 Å². The minimum absolute atomic E-state index is 0.0793. The molecular weight excluding hydrogens is 244 g/mol. The van der Waals surface area contributed by atoms with Crippen LogP contribution >= 0.6 is 11.6 Å². The monoisotopic (exact) mass is 256 g/mol. The molecule has 1 aromatic carbocycles. The number of carbonyl (C=O) groups is 1. The normalized spacial score (nSPS) is 14.2. The quantitative estimate of drug-likeness (QED) is 0.903. The van der Waals surface area contributed by atoms with Crippen LogP contribution in [-0.4, -0.2) is 24.3 Å². The van der Waals surface area contributed by atoms with Gasteiger partial charge in [-0.15, -0.1) is 0 Å². The molecule has 0 aliphatic carbocycles. The average Bonchev–Trinajstić information content (AvgIpc) is 2.51. The van der Waals surface area contributed by atoms with Crippen LogP contribution in [-0.2, 0) is 11.2 Å². The second-order valence-electron chi connectivity index (χ2n) is 3.85. The van der Waals surface area contributed by atoms with Crippen molar-refractivity contribution in [3.63, 3.8) is 0 Å². The van der Waals surface area contributed by atoms with Crippen molar-refractivity contribution in [2.45, 2.75) is 19.3 Å². The first kappa shape index (κ1) is 12.0. The van der Waals surface area contributed by atoms with Crippen LogP contribution in [0.2, 0.25) is 5.02 Å². The van der Waals surface area contributed by atoms with E-state index in [0.717, 1.165) is 12.0 Å². The van der Waals surface area contributed by atoms with E-state index in [9.17, 15) is 4.79 Å². The zero-order valence-electron chi connectivity index (χ0n) is 9.24. The lowest BCUT2D eigenvalue weighted by atomic mass is 10.1. The maximum absolute atomic E-state index is 10.5. The number of hydrogen-bond acceptors (Lipinski definition) is 3. The van der Waals surface area contributed by atoms with Crippen LogP contribution in [0.5, 0.6) is 11.5 Å². The average molecular weight is 257 g/mol. The van der Waals surface area contributed by atoms with Crippen LogP contribution in [0.25, 0.3) is 0 Å². The molecule has 0 atom stereocenters. The van der Waals surface area contributed by atoms with E-state index in [1.54, 1.807) is 12.1 Å². The van der Waals surface area contributed by atoms with Crippen molar-refractivity contribution in [2.24, 2.45) is 0 Å². The molecule has 1 aliphatic heterocycles. The second kappa shape index (κ2) is 5.27. The molecule has 0 unspecified atom stereocenters. The smallest absolute Gasteiger partial charge is 0.303 e. The van der Waals surface area contributed by atoms with Crippen LogP contribution in [0.15, 0.2) is 12.1 Å². The molecule has 0 aromatic heterocycles. The Bertz CT molecular complexity index is 431. The molecule has 92 valence electrons. The SMILES string of the molecule is O=C(O)CCc1cc(Cl)c2c(c1)OCCCO2. The summed E-state index contributed by atoms with van der Waals surface area (Å²) in [6, 6.07) is 3.54. The van der Waals surface area contributed by atoms with E-state index < -0.39 is 5.97 Å². The summed E-state index contributed by atoms with van der Waals surface area (Å²) in [5.74, 6) is 0.340. The number of ether oxygens (including phenoxy) is 2. The molecule has 0 saturated heterocycles. The highest BCUT2D eigenvalue weighted by atomic mass is 35.5. The van der Waals surface area contributed by atoms with Gasteiger partial charge < -0.3 is 14.6 Å². The number of carboxylic acid groups (broad SMARTS) is 1. The highest BCUT2D eigenvalue weighted by Crippen LogP contribution is 2.38. The number of hydrogen-bond donors (Lipinski definition) is 1. The van der Waals surface area contributed by atoms with Crippen molar-refractivity contribution >= 4 is 17.6 Å². The first-order valence-electron chi connectivity index (χ1n) is 5.46. The van der Waals surface area contributed by atoms with Gasteiger partial charge in [0, 0.05) is 12.8 Å². The van der Waals surface area contributed by atoms with Crippen molar-refractivity contribution in [3.05, 3.63) is 22.7 Å². The summed E-state index contributed by atoms with van der Waals surface area (Å²) in [6.45, 7) is 1.17. The standard InChI is InChI=1S/C12H13ClO4/c13-9-6-8(2-3-11(14)15)7-10-12(9)17-5-1-4-16-10/h6-7H,1-5H2,(H,14,15). The van der Waals surface area contributed by atoms with Gasteiger partial charge in [0.25, 0.3) is 0 Å². The van der Waals surface area contributed by atoms with Gasteiger partial charge >= 0.3 is 5.97 Å². The van der Waals surface area contributed by atoms with E-state index in [1.807, 2.05) is 0 Å². The maximum atomic E-state index is 10.5. The molecular formula is C12H13ClO4. The van der Waals surface area contributed by atoms with Crippen molar-refractivity contribution in [1.82, 2.24) is 0 Å². The van der Waals surface area contributed by atoms with Gasteiger partial charge in [0.05, 0.1) is 18.2 Å². The van der Waals surface area contributed by atoms with Gasteiger partial charge in [0.1, 0.15) is 0 Å². The summed E-state index contributed by atoms with van der Waals surface area (Å²) in [4.78, 5) is 10.5. The van der Waals surface area contributed by atoms with Crippen LogP contribution in [0.3, 0.4) is 0 Å². The van der Waals surface area contributed by atoms with Crippen LogP contribution in [0.4, 0.5) is 0 Å². The fraction of sp³-hybridized carbons (Fsp3) is 0.417. The summed E-state index contributed by atoms with van der Waals surface area (Å²) in [7, 11) is 0. The number of rotatable bonds is 3. The Labute approximate surface area is 104 Å². The van der Waals surface area contributed by atoms with E-state index in [2.05, 4.69) is 0 Å². The van der Waals surface area contributed by atoms with Crippen LogP contribution in [0, 0.1) is 0 Å². The topological polar surface area (TPSA) is 55.8 Å². The van der Waals surface area contributed by atoms with Gasteiger partial charge in [-0.05, 0) is 24.1 Å². The molecule has 1 aromatic rings. The third-order valence-corrected chi connectivity index (χ3v) is 2.77. The summed E-state index contributed by atoms with van der Waals surface area (Å²) in [6.07, 6.45) is 1.33. The number of fused-ring (bicyclic) bond motifs is 1. The largest absolute Gasteiger partial charge is 0.489 e. The molecule has 1 N–H and O–H groups in total. The Morgan fingerprint density at radius 3 is 2.88 bits per heavy atom. The molecule has 5 heteroatoms. The van der Waals surface area contributed by atoms with E-state index in [-0.39, 0.29) is 6.42 Å². The molecule has 0 spiro atoms. The molecule has 0 radical (unpaired) electrons. The molecule has 1 aliphatic rings. The summed E-state index contributed by atoms with van der Waals surface area (Å²) >= 11 is 6.08. The van der Waals surface area contributed by atoms with E-state index in [0.29, 0.717) is 36.2 Å². The highest BCUT2D eigenvalue weighted by Gasteiger charge is 2.15. The lowest BCUT2D eigenvalue weighted by molar-refractivity contribution is -0.136. The Morgan fingerprint density at radius 1 is 1.35 bits per heavy atom. The molecule has 2 rings (SSSR count). The fourth-order valence-electron chi connectivity index (χ4n) is 1.68. The summed E-state index contributed by atoms with van der Waals surface area (Å²) in [5, 5.41) is 9.12. The maximum Gasteiger partial charge on any atom is 0.303 e. The van der Waals surface area contributed by atoms with Crippen LogP contribution in [0.1, 0.15) is 18.4 Å². The Morgan fingerprint density at radius 2 is 2.12 bits per heavy atom. The van der Waals surface area contributed by atoms with Crippen molar-refractivity contribution in [3.8, 4) is 11.5 Å². The number of aryl methyl sites for hydroxylation is 1. The molecule has 1 heterocycles. The van der Waals surface area contributed by atoms with Crippen molar-refractivity contribution in [2.75, 3.05) is 13.2 Å². The number of aliphatic carboxylic acids is 1. The Balaban J connectivity index is 2.22. The van der Waals surface area contributed by atoms with Gasteiger partial charge in [-0.3, -0.25) is 4.79 Å². The Hall–Kier alpha value is -1.42. The second-order valence-corrected chi connectivity index (χ2v) is 4.26.